The molecule has 1 aromatic carbocycles. The van der Waals surface area contributed by atoms with E-state index in [1.807, 2.05) is 6.92 Å². The molecule has 0 fully saturated rings. The minimum Gasteiger partial charge on any atom is -0.313 e. The van der Waals surface area contributed by atoms with Crippen molar-refractivity contribution in [2.75, 3.05) is 6.54 Å². The maximum Gasteiger partial charge on any atom is 0.126 e. The van der Waals surface area contributed by atoms with Crippen molar-refractivity contribution in [2.45, 2.75) is 32.2 Å². The van der Waals surface area contributed by atoms with Crippen molar-refractivity contribution in [2.24, 2.45) is 0 Å². The molecule has 0 radical (unpaired) electrons. The fourth-order valence-corrected chi connectivity index (χ4v) is 1.65. The highest BCUT2D eigenvalue weighted by atomic mass is 19.1. The number of nitrogens with one attached hydrogen (secondary N) is 1. The summed E-state index contributed by atoms with van der Waals surface area (Å²) in [5.74, 6) is -1.10. The molecule has 0 aliphatic carbocycles. The summed E-state index contributed by atoms with van der Waals surface area (Å²) in [5.41, 5.74) is 0.627. The summed E-state index contributed by atoms with van der Waals surface area (Å²) in [7, 11) is 0. The van der Waals surface area contributed by atoms with Gasteiger partial charge in [0.15, 0.2) is 0 Å². The molecule has 2 nitrogen and oxygen atoms in total. The molecule has 1 N–H and O–H groups in total. The summed E-state index contributed by atoms with van der Waals surface area (Å²) < 4.78 is 25.8. The number of hydrogen-bond donors (Lipinski definition) is 1. The zero-order chi connectivity index (χ0) is 12.7. The standard InChI is InChI=1S/C13H16F2N2/c1-2-13(3-5-16)17-6-4-10-7-11(14)9-12(15)8-10/h7-9,13,17H,2-4,6H2,1H3. The Morgan fingerprint density at radius 1 is 1.29 bits per heavy atom. The van der Waals surface area contributed by atoms with Crippen molar-refractivity contribution in [1.29, 1.82) is 5.26 Å². The minimum atomic E-state index is -0.552. The number of nitrogens with zero attached hydrogens (tertiary/aromatic N) is 1. The smallest absolute Gasteiger partial charge is 0.126 e. The van der Waals surface area contributed by atoms with Gasteiger partial charge in [0.2, 0.25) is 0 Å². The molecule has 0 aliphatic rings. The lowest BCUT2D eigenvalue weighted by atomic mass is 10.1. The number of hydrogen-bond acceptors (Lipinski definition) is 2. The van der Waals surface area contributed by atoms with Crippen molar-refractivity contribution in [1.82, 2.24) is 5.32 Å². The van der Waals surface area contributed by atoms with E-state index in [0.29, 0.717) is 24.9 Å². The molecule has 0 saturated carbocycles. The topological polar surface area (TPSA) is 35.8 Å². The SMILES string of the molecule is CCC(CC#N)NCCc1cc(F)cc(F)c1. The summed E-state index contributed by atoms with van der Waals surface area (Å²) >= 11 is 0. The number of rotatable bonds is 6. The van der Waals surface area contributed by atoms with E-state index in [9.17, 15) is 8.78 Å². The number of benzene rings is 1. The zero-order valence-corrected chi connectivity index (χ0v) is 9.84. The van der Waals surface area contributed by atoms with Crippen molar-refractivity contribution < 1.29 is 8.78 Å². The highest BCUT2D eigenvalue weighted by Gasteiger charge is 2.05. The van der Waals surface area contributed by atoms with Crippen LogP contribution < -0.4 is 5.32 Å². The first kappa shape index (κ1) is 13.6. The molecule has 1 unspecified atom stereocenters. The molecule has 0 amide bonds. The maximum absolute atomic E-state index is 12.9. The van der Waals surface area contributed by atoms with Gasteiger partial charge in [-0.05, 0) is 37.1 Å². The van der Waals surface area contributed by atoms with Gasteiger partial charge in [0.05, 0.1) is 12.5 Å². The second-order valence-corrected chi connectivity index (χ2v) is 3.95. The molecule has 17 heavy (non-hydrogen) atoms. The zero-order valence-electron chi connectivity index (χ0n) is 9.84. The van der Waals surface area contributed by atoms with Crippen molar-refractivity contribution >= 4 is 0 Å². The van der Waals surface area contributed by atoms with Gasteiger partial charge in [0, 0.05) is 12.1 Å². The van der Waals surface area contributed by atoms with Crippen LogP contribution in [0.15, 0.2) is 18.2 Å². The van der Waals surface area contributed by atoms with E-state index in [1.54, 1.807) is 0 Å². The van der Waals surface area contributed by atoms with Gasteiger partial charge in [0.25, 0.3) is 0 Å². The second kappa shape index (κ2) is 6.97. The molecule has 0 heterocycles. The first-order chi connectivity index (χ1) is 8.15. The van der Waals surface area contributed by atoms with Gasteiger partial charge >= 0.3 is 0 Å². The largest absolute Gasteiger partial charge is 0.313 e. The van der Waals surface area contributed by atoms with Crippen molar-refractivity contribution in [3.05, 3.63) is 35.4 Å². The molecule has 0 aliphatic heterocycles. The molecule has 0 spiro atoms. The predicted molar refractivity (Wildman–Crippen MR) is 62.4 cm³/mol. The molecular weight excluding hydrogens is 222 g/mol. The summed E-state index contributed by atoms with van der Waals surface area (Å²) in [5, 5.41) is 11.8. The summed E-state index contributed by atoms with van der Waals surface area (Å²) in [6.45, 7) is 2.61. The average Bonchev–Trinajstić information content (AvgIpc) is 2.26. The predicted octanol–water partition coefficient (Wildman–Crippen LogP) is 2.79. The van der Waals surface area contributed by atoms with Gasteiger partial charge < -0.3 is 5.32 Å². The van der Waals surface area contributed by atoms with E-state index in [1.165, 1.54) is 12.1 Å². The molecule has 0 aromatic heterocycles. The summed E-state index contributed by atoms with van der Waals surface area (Å²) in [6.07, 6.45) is 1.87. The van der Waals surface area contributed by atoms with Crippen LogP contribution in [0.2, 0.25) is 0 Å². The van der Waals surface area contributed by atoms with Crippen LogP contribution in [0.1, 0.15) is 25.3 Å². The lowest BCUT2D eigenvalue weighted by Gasteiger charge is -2.13. The first-order valence-corrected chi connectivity index (χ1v) is 5.71. The Morgan fingerprint density at radius 3 is 2.47 bits per heavy atom. The van der Waals surface area contributed by atoms with Crippen LogP contribution in [0.25, 0.3) is 0 Å². The number of halogens is 2. The monoisotopic (exact) mass is 238 g/mol. The van der Waals surface area contributed by atoms with Gasteiger partial charge in [-0.15, -0.1) is 0 Å². The summed E-state index contributed by atoms with van der Waals surface area (Å²) in [4.78, 5) is 0. The minimum absolute atomic E-state index is 0.151. The fraction of sp³-hybridized carbons (Fsp3) is 0.462. The Balaban J connectivity index is 2.42. The van der Waals surface area contributed by atoms with Crippen LogP contribution in [0.5, 0.6) is 0 Å². The lowest BCUT2D eigenvalue weighted by Crippen LogP contribution is -2.29. The Morgan fingerprint density at radius 2 is 1.94 bits per heavy atom. The van der Waals surface area contributed by atoms with E-state index in [-0.39, 0.29) is 6.04 Å². The second-order valence-electron chi connectivity index (χ2n) is 3.95. The quantitative estimate of drug-likeness (QED) is 0.827. The fourth-order valence-electron chi connectivity index (χ4n) is 1.65. The van der Waals surface area contributed by atoms with Gasteiger partial charge in [-0.2, -0.15) is 5.26 Å². The third kappa shape index (κ3) is 4.92. The number of nitriles is 1. The van der Waals surface area contributed by atoms with Crippen LogP contribution >= 0.6 is 0 Å². The Kier molecular flexibility index (Phi) is 5.58. The van der Waals surface area contributed by atoms with Gasteiger partial charge in [-0.25, -0.2) is 8.78 Å². The van der Waals surface area contributed by atoms with E-state index in [2.05, 4.69) is 11.4 Å². The van der Waals surface area contributed by atoms with Crippen LogP contribution in [0.3, 0.4) is 0 Å². The molecule has 1 atom stereocenters. The summed E-state index contributed by atoms with van der Waals surface area (Å²) in [6, 6.07) is 5.78. The van der Waals surface area contributed by atoms with Crippen LogP contribution in [0.4, 0.5) is 8.78 Å². The molecule has 0 bridgehead atoms. The molecule has 0 saturated heterocycles. The van der Waals surface area contributed by atoms with Crippen LogP contribution in [-0.4, -0.2) is 12.6 Å². The van der Waals surface area contributed by atoms with Crippen molar-refractivity contribution in [3.8, 4) is 6.07 Å². The molecule has 92 valence electrons. The van der Waals surface area contributed by atoms with Gasteiger partial charge in [-0.1, -0.05) is 6.92 Å². The average molecular weight is 238 g/mol. The molecule has 1 aromatic rings. The lowest BCUT2D eigenvalue weighted by molar-refractivity contribution is 0.507. The Hall–Kier alpha value is -1.47. The van der Waals surface area contributed by atoms with Gasteiger partial charge in [0.1, 0.15) is 11.6 Å². The maximum atomic E-state index is 12.9. The van der Waals surface area contributed by atoms with Gasteiger partial charge in [-0.3, -0.25) is 0 Å². The van der Waals surface area contributed by atoms with E-state index in [4.69, 9.17) is 5.26 Å². The van der Waals surface area contributed by atoms with Crippen LogP contribution in [0, 0.1) is 23.0 Å². The van der Waals surface area contributed by atoms with E-state index >= 15 is 0 Å². The first-order valence-electron chi connectivity index (χ1n) is 5.71. The van der Waals surface area contributed by atoms with Crippen LogP contribution in [-0.2, 0) is 6.42 Å². The Labute approximate surface area is 100 Å². The molecule has 1 rings (SSSR count). The highest BCUT2D eigenvalue weighted by Crippen LogP contribution is 2.08. The Bertz CT molecular complexity index is 379. The highest BCUT2D eigenvalue weighted by molar-refractivity contribution is 5.18. The van der Waals surface area contributed by atoms with Crippen molar-refractivity contribution in [3.63, 3.8) is 0 Å². The third-order valence-corrected chi connectivity index (χ3v) is 2.60. The normalized spacial score (nSPS) is 12.1. The molecule has 4 heteroatoms. The van der Waals surface area contributed by atoms with E-state index < -0.39 is 11.6 Å². The third-order valence-electron chi connectivity index (χ3n) is 2.60. The molecular formula is C13H16F2N2. The van der Waals surface area contributed by atoms with E-state index in [0.717, 1.165) is 12.5 Å².